The molecule has 8 heteroatoms. The average molecular weight is 298 g/mol. The van der Waals surface area contributed by atoms with Gasteiger partial charge in [0.1, 0.15) is 12.1 Å². The number of nitrogens with zero attached hydrogens (tertiary/aromatic N) is 1. The van der Waals surface area contributed by atoms with Crippen LogP contribution in [0.1, 0.15) is 20.8 Å². The number of piperazine rings is 1. The highest BCUT2D eigenvalue weighted by Crippen LogP contribution is 2.30. The van der Waals surface area contributed by atoms with E-state index in [0.717, 1.165) is 0 Å². The van der Waals surface area contributed by atoms with Gasteiger partial charge in [-0.25, -0.2) is 0 Å². The summed E-state index contributed by atoms with van der Waals surface area (Å²) in [7, 11) is 0. The number of amides is 2. The summed E-state index contributed by atoms with van der Waals surface area (Å²) in [6.07, 6.45) is 0. The summed E-state index contributed by atoms with van der Waals surface area (Å²) in [5.74, 6) is -1.00. The Labute approximate surface area is 114 Å². The van der Waals surface area contributed by atoms with Crippen molar-refractivity contribution >= 4 is 23.6 Å². The van der Waals surface area contributed by atoms with E-state index in [1.54, 1.807) is 13.8 Å². The van der Waals surface area contributed by atoms with Crippen LogP contribution in [0, 0.1) is 5.92 Å². The van der Waals surface area contributed by atoms with Crippen LogP contribution in [0.25, 0.3) is 0 Å². The van der Waals surface area contributed by atoms with Crippen LogP contribution in [0.15, 0.2) is 0 Å². The van der Waals surface area contributed by atoms with E-state index in [-0.39, 0.29) is 41.8 Å². The highest BCUT2D eigenvalue weighted by Gasteiger charge is 2.39. The minimum absolute atomic E-state index is 0.0825. The van der Waals surface area contributed by atoms with Gasteiger partial charge in [-0.3, -0.25) is 9.59 Å². The first kappa shape index (κ1) is 16.1. The molecular formula is C11H17F3N2O2S. The minimum atomic E-state index is -4.32. The zero-order chi connectivity index (χ0) is 14.8. The maximum atomic E-state index is 12.1. The monoisotopic (exact) mass is 298 g/mol. The minimum Gasteiger partial charge on any atom is -0.342 e. The molecule has 0 aromatic heterocycles. The largest absolute Gasteiger partial charge is 0.441 e. The normalized spacial score (nSPS) is 24.9. The molecule has 1 heterocycles. The second kappa shape index (κ2) is 6.02. The molecule has 19 heavy (non-hydrogen) atoms. The van der Waals surface area contributed by atoms with Crippen LogP contribution < -0.4 is 5.32 Å². The van der Waals surface area contributed by atoms with Gasteiger partial charge in [-0.05, 0) is 24.6 Å². The van der Waals surface area contributed by atoms with Crippen molar-refractivity contribution in [1.29, 1.82) is 0 Å². The molecule has 2 atom stereocenters. The summed E-state index contributed by atoms with van der Waals surface area (Å²) in [5, 5.41) is 2.59. The molecule has 1 N–H and O–H groups in total. The number of hydrogen-bond acceptors (Lipinski definition) is 3. The lowest BCUT2D eigenvalue weighted by Crippen LogP contribution is -2.64. The molecule has 1 fully saturated rings. The second-order valence-corrected chi connectivity index (χ2v) is 5.89. The van der Waals surface area contributed by atoms with E-state index in [0.29, 0.717) is 0 Å². The zero-order valence-corrected chi connectivity index (χ0v) is 11.8. The fraction of sp³-hybridized carbons (Fsp3) is 0.818. The first-order valence-corrected chi connectivity index (χ1v) is 6.93. The summed E-state index contributed by atoms with van der Waals surface area (Å²) >= 11 is -0.183. The summed E-state index contributed by atoms with van der Waals surface area (Å²) < 4.78 is 36.2. The smallest absolute Gasteiger partial charge is 0.342 e. The quantitative estimate of drug-likeness (QED) is 0.858. The Bertz CT molecular complexity index is 360. The number of carbonyl (C=O) groups excluding carboxylic acids is 2. The van der Waals surface area contributed by atoms with Gasteiger partial charge in [-0.1, -0.05) is 13.8 Å². The van der Waals surface area contributed by atoms with Crippen molar-refractivity contribution in [2.45, 2.75) is 38.4 Å². The molecule has 4 nitrogen and oxygen atoms in total. The molecule has 2 amide bonds. The number of alkyl halides is 3. The molecule has 110 valence electrons. The topological polar surface area (TPSA) is 49.4 Å². The molecule has 1 aliphatic rings. The van der Waals surface area contributed by atoms with E-state index in [4.69, 9.17) is 0 Å². The lowest BCUT2D eigenvalue weighted by Gasteiger charge is -2.38. The van der Waals surface area contributed by atoms with Crippen molar-refractivity contribution in [3.8, 4) is 0 Å². The van der Waals surface area contributed by atoms with Gasteiger partial charge in [-0.15, -0.1) is 0 Å². The number of nitrogens with one attached hydrogen (secondary N) is 1. The fourth-order valence-corrected chi connectivity index (χ4v) is 2.38. The van der Waals surface area contributed by atoms with E-state index in [1.807, 2.05) is 0 Å². The Kier molecular flexibility index (Phi) is 5.11. The van der Waals surface area contributed by atoms with Crippen LogP contribution in [-0.4, -0.2) is 46.6 Å². The molecule has 0 saturated carbocycles. The highest BCUT2D eigenvalue weighted by molar-refractivity contribution is 8.00. The summed E-state index contributed by atoms with van der Waals surface area (Å²) in [6, 6.07) is -1.38. The van der Waals surface area contributed by atoms with Gasteiger partial charge in [0.05, 0.1) is 0 Å². The molecule has 0 aliphatic carbocycles. The Morgan fingerprint density at radius 2 is 1.95 bits per heavy atom. The van der Waals surface area contributed by atoms with Gasteiger partial charge in [0.25, 0.3) is 0 Å². The molecule has 1 rings (SSSR count). The van der Waals surface area contributed by atoms with Crippen molar-refractivity contribution in [3.63, 3.8) is 0 Å². The molecule has 2 unspecified atom stereocenters. The van der Waals surface area contributed by atoms with E-state index < -0.39 is 17.6 Å². The molecule has 0 spiro atoms. The lowest BCUT2D eigenvalue weighted by atomic mass is 9.98. The summed E-state index contributed by atoms with van der Waals surface area (Å²) in [4.78, 5) is 25.0. The van der Waals surface area contributed by atoms with Gasteiger partial charge >= 0.3 is 5.51 Å². The fourth-order valence-electron chi connectivity index (χ4n) is 1.86. The van der Waals surface area contributed by atoms with Crippen LogP contribution in [-0.2, 0) is 9.59 Å². The predicted octanol–water partition coefficient (Wildman–Crippen LogP) is 1.61. The van der Waals surface area contributed by atoms with Crippen LogP contribution in [0.4, 0.5) is 13.2 Å². The summed E-state index contributed by atoms with van der Waals surface area (Å²) in [5.41, 5.74) is -4.32. The van der Waals surface area contributed by atoms with Gasteiger partial charge in [0.15, 0.2) is 0 Å². The van der Waals surface area contributed by atoms with Crippen molar-refractivity contribution in [2.24, 2.45) is 5.92 Å². The molecular weight excluding hydrogens is 281 g/mol. The van der Waals surface area contributed by atoms with Gasteiger partial charge in [0.2, 0.25) is 11.8 Å². The molecule has 0 radical (unpaired) electrons. The first-order valence-electron chi connectivity index (χ1n) is 5.95. The SMILES string of the molecule is CC(C)C1NC(=O)C(C)N(CCSC(F)(F)F)C1=O. The Morgan fingerprint density at radius 3 is 2.42 bits per heavy atom. The molecule has 1 aliphatic heterocycles. The number of hydrogen-bond donors (Lipinski definition) is 1. The van der Waals surface area contributed by atoms with E-state index in [2.05, 4.69) is 5.32 Å². The molecule has 0 aromatic carbocycles. The van der Waals surface area contributed by atoms with Crippen molar-refractivity contribution in [3.05, 3.63) is 0 Å². The maximum absolute atomic E-state index is 12.1. The third-order valence-electron chi connectivity index (χ3n) is 2.96. The van der Waals surface area contributed by atoms with Crippen LogP contribution in [0.2, 0.25) is 0 Å². The Morgan fingerprint density at radius 1 is 1.37 bits per heavy atom. The molecule has 0 bridgehead atoms. The van der Waals surface area contributed by atoms with E-state index in [1.165, 1.54) is 11.8 Å². The van der Waals surface area contributed by atoms with Crippen molar-refractivity contribution < 1.29 is 22.8 Å². The predicted molar refractivity (Wildman–Crippen MR) is 66.5 cm³/mol. The van der Waals surface area contributed by atoms with E-state index >= 15 is 0 Å². The maximum Gasteiger partial charge on any atom is 0.441 e. The first-order chi connectivity index (χ1) is 8.63. The third kappa shape index (κ3) is 4.29. The van der Waals surface area contributed by atoms with Crippen molar-refractivity contribution in [1.82, 2.24) is 10.2 Å². The Hall–Kier alpha value is -0.920. The van der Waals surface area contributed by atoms with Gasteiger partial charge in [0, 0.05) is 12.3 Å². The molecule has 0 aromatic rings. The van der Waals surface area contributed by atoms with Crippen molar-refractivity contribution in [2.75, 3.05) is 12.3 Å². The Balaban J connectivity index is 2.67. The summed E-state index contributed by atoms with van der Waals surface area (Å²) in [6.45, 7) is 4.99. The average Bonchev–Trinajstić information content (AvgIpc) is 2.26. The van der Waals surface area contributed by atoms with Gasteiger partial charge in [-0.2, -0.15) is 13.2 Å². The van der Waals surface area contributed by atoms with Crippen LogP contribution in [0.3, 0.4) is 0 Å². The van der Waals surface area contributed by atoms with E-state index in [9.17, 15) is 22.8 Å². The van der Waals surface area contributed by atoms with Gasteiger partial charge < -0.3 is 10.2 Å². The lowest BCUT2D eigenvalue weighted by molar-refractivity contribution is -0.149. The standard InChI is InChI=1S/C11H17F3N2O2S/c1-6(2)8-10(18)16(7(3)9(17)15-8)4-5-19-11(12,13)14/h6-8H,4-5H2,1-3H3,(H,15,17). The van der Waals surface area contributed by atoms with Crippen LogP contribution >= 0.6 is 11.8 Å². The molecule has 1 saturated heterocycles. The zero-order valence-electron chi connectivity index (χ0n) is 11.0. The third-order valence-corrected chi connectivity index (χ3v) is 3.67. The number of halogens is 3. The highest BCUT2D eigenvalue weighted by atomic mass is 32.2. The number of carbonyl (C=O) groups is 2. The second-order valence-electron chi connectivity index (χ2n) is 4.73. The number of rotatable bonds is 4. The van der Waals surface area contributed by atoms with Crippen LogP contribution in [0.5, 0.6) is 0 Å². The number of thioether (sulfide) groups is 1.